The van der Waals surface area contributed by atoms with Crippen molar-refractivity contribution >= 4 is 17.9 Å². The number of H-pyrrole nitrogens is 1. The van der Waals surface area contributed by atoms with E-state index in [1.165, 1.54) is 12.1 Å². The van der Waals surface area contributed by atoms with Gasteiger partial charge in [0.15, 0.2) is 0 Å². The number of carbonyl (C=O) groups is 2. The van der Waals surface area contributed by atoms with E-state index in [9.17, 15) is 14.0 Å². The number of imidazole rings is 1. The van der Waals surface area contributed by atoms with Crippen LogP contribution in [-0.2, 0) is 9.59 Å². The Morgan fingerprint density at radius 1 is 1.32 bits per heavy atom. The van der Waals surface area contributed by atoms with E-state index in [1.54, 1.807) is 12.3 Å². The van der Waals surface area contributed by atoms with Crippen molar-refractivity contribution in [1.82, 2.24) is 9.97 Å². The summed E-state index contributed by atoms with van der Waals surface area (Å²) >= 11 is 0. The lowest BCUT2D eigenvalue weighted by atomic mass is 10.0. The van der Waals surface area contributed by atoms with Crippen LogP contribution in [0.5, 0.6) is 0 Å². The van der Waals surface area contributed by atoms with Crippen LogP contribution in [0.3, 0.4) is 0 Å². The third kappa shape index (κ3) is 2.90. The first kappa shape index (κ1) is 14.4. The number of fused-ring (bicyclic) bond motifs is 4. The number of hydrogen-bond donors (Lipinski definition) is 2. The Balaban J connectivity index is 2.07. The van der Waals surface area contributed by atoms with Crippen LogP contribution in [0.15, 0.2) is 24.4 Å². The molecule has 2 N–H and O–H groups in total. The van der Waals surface area contributed by atoms with Crippen LogP contribution >= 0.6 is 0 Å². The standard InChI is InChI=1S/C16H16FN3O2/c17-11-5-6-12-13(7-11)19-15(22)4-2-1-3-10(9-21)16-18-8-14(12)20-16/h5-10H,1-4H2,(H,18,20)(H,19,22). The van der Waals surface area contributed by atoms with Gasteiger partial charge in [0.05, 0.1) is 23.5 Å². The summed E-state index contributed by atoms with van der Waals surface area (Å²) in [6, 6.07) is 4.20. The molecular formula is C16H16FN3O2. The number of carbonyl (C=O) groups excluding carboxylic acids is 2. The third-order valence-corrected chi connectivity index (χ3v) is 3.83. The topological polar surface area (TPSA) is 74.8 Å². The van der Waals surface area contributed by atoms with Crippen molar-refractivity contribution in [1.29, 1.82) is 0 Å². The van der Waals surface area contributed by atoms with Crippen LogP contribution in [0, 0.1) is 5.82 Å². The highest BCUT2D eigenvalue weighted by Crippen LogP contribution is 2.30. The van der Waals surface area contributed by atoms with Gasteiger partial charge in [-0.2, -0.15) is 0 Å². The van der Waals surface area contributed by atoms with Gasteiger partial charge in [0, 0.05) is 12.0 Å². The Hall–Kier alpha value is -2.50. The van der Waals surface area contributed by atoms with Crippen LogP contribution in [-0.4, -0.2) is 22.2 Å². The van der Waals surface area contributed by atoms with Gasteiger partial charge in [-0.25, -0.2) is 9.37 Å². The minimum atomic E-state index is -0.420. The summed E-state index contributed by atoms with van der Waals surface area (Å²) in [7, 11) is 0. The SMILES string of the molecule is O=CC1CCCCC(=O)Nc2cc(F)ccc2-c2cnc1[nH]2. The number of aromatic amines is 1. The van der Waals surface area contributed by atoms with E-state index in [4.69, 9.17) is 0 Å². The molecule has 0 saturated carbocycles. The largest absolute Gasteiger partial charge is 0.341 e. The zero-order valence-corrected chi connectivity index (χ0v) is 11.9. The summed E-state index contributed by atoms with van der Waals surface area (Å²) in [5.74, 6) is -0.279. The highest BCUT2D eigenvalue weighted by Gasteiger charge is 2.18. The fourth-order valence-corrected chi connectivity index (χ4v) is 2.65. The lowest BCUT2D eigenvalue weighted by molar-refractivity contribution is -0.116. The second-order valence-corrected chi connectivity index (χ2v) is 5.41. The molecule has 1 aliphatic heterocycles. The van der Waals surface area contributed by atoms with Gasteiger partial charge in [-0.05, 0) is 31.0 Å². The molecule has 3 rings (SSSR count). The van der Waals surface area contributed by atoms with Gasteiger partial charge >= 0.3 is 0 Å². The molecule has 1 aromatic carbocycles. The summed E-state index contributed by atoms with van der Waals surface area (Å²) in [4.78, 5) is 30.6. The molecule has 2 heterocycles. The summed E-state index contributed by atoms with van der Waals surface area (Å²) in [6.07, 6.45) is 4.91. The van der Waals surface area contributed by atoms with E-state index >= 15 is 0 Å². The van der Waals surface area contributed by atoms with Gasteiger partial charge in [0.25, 0.3) is 0 Å². The first-order valence-electron chi connectivity index (χ1n) is 7.27. The van der Waals surface area contributed by atoms with Gasteiger partial charge in [0.2, 0.25) is 5.91 Å². The molecule has 22 heavy (non-hydrogen) atoms. The molecule has 114 valence electrons. The number of rotatable bonds is 1. The lowest BCUT2D eigenvalue weighted by Crippen LogP contribution is -2.13. The Morgan fingerprint density at radius 3 is 3.00 bits per heavy atom. The summed E-state index contributed by atoms with van der Waals surface area (Å²) < 4.78 is 13.5. The molecule has 5 nitrogen and oxygen atoms in total. The van der Waals surface area contributed by atoms with Crippen molar-refractivity contribution in [2.24, 2.45) is 0 Å². The fraction of sp³-hybridized carbons (Fsp3) is 0.312. The number of anilines is 1. The number of benzene rings is 1. The molecular weight excluding hydrogens is 285 g/mol. The molecule has 0 saturated heterocycles. The Kier molecular flexibility index (Phi) is 4.00. The number of aromatic nitrogens is 2. The second kappa shape index (κ2) is 6.09. The number of amides is 1. The van der Waals surface area contributed by atoms with Crippen molar-refractivity contribution in [3.63, 3.8) is 0 Å². The van der Waals surface area contributed by atoms with E-state index in [0.717, 1.165) is 12.7 Å². The van der Waals surface area contributed by atoms with E-state index in [2.05, 4.69) is 15.3 Å². The van der Waals surface area contributed by atoms with Gasteiger partial charge in [0.1, 0.15) is 17.9 Å². The monoisotopic (exact) mass is 301 g/mol. The Morgan fingerprint density at radius 2 is 2.18 bits per heavy atom. The van der Waals surface area contributed by atoms with Crippen LogP contribution in [0.2, 0.25) is 0 Å². The Labute approximate surface area is 127 Å². The normalized spacial score (nSPS) is 18.6. The van der Waals surface area contributed by atoms with Crippen LogP contribution in [0.25, 0.3) is 11.3 Å². The van der Waals surface area contributed by atoms with Gasteiger partial charge in [-0.3, -0.25) is 4.79 Å². The predicted octanol–water partition coefficient (Wildman–Crippen LogP) is 3.01. The zero-order valence-electron chi connectivity index (χ0n) is 11.9. The van der Waals surface area contributed by atoms with Gasteiger partial charge in [-0.1, -0.05) is 6.42 Å². The molecule has 1 unspecified atom stereocenters. The number of hydrogen-bond acceptors (Lipinski definition) is 3. The van der Waals surface area contributed by atoms with Crippen molar-refractivity contribution in [2.75, 3.05) is 5.32 Å². The quantitative estimate of drug-likeness (QED) is 0.795. The van der Waals surface area contributed by atoms with Crippen molar-refractivity contribution in [3.8, 4) is 11.3 Å². The highest BCUT2D eigenvalue weighted by atomic mass is 19.1. The maximum absolute atomic E-state index is 13.5. The summed E-state index contributed by atoms with van der Waals surface area (Å²) in [6.45, 7) is 0. The molecule has 1 aliphatic rings. The molecule has 0 spiro atoms. The van der Waals surface area contributed by atoms with Crippen molar-refractivity contribution in [3.05, 3.63) is 36.0 Å². The third-order valence-electron chi connectivity index (χ3n) is 3.83. The van der Waals surface area contributed by atoms with Crippen LogP contribution < -0.4 is 5.32 Å². The fourth-order valence-electron chi connectivity index (χ4n) is 2.65. The minimum absolute atomic E-state index is 0.158. The molecule has 1 aromatic heterocycles. The second-order valence-electron chi connectivity index (χ2n) is 5.41. The summed E-state index contributed by atoms with van der Waals surface area (Å²) in [5.41, 5.74) is 1.71. The molecule has 2 aromatic rings. The minimum Gasteiger partial charge on any atom is -0.341 e. The molecule has 0 aliphatic carbocycles. The average molecular weight is 301 g/mol. The number of halogens is 1. The first-order valence-corrected chi connectivity index (χ1v) is 7.27. The average Bonchev–Trinajstić information content (AvgIpc) is 2.96. The number of nitrogens with zero attached hydrogens (tertiary/aromatic N) is 1. The smallest absolute Gasteiger partial charge is 0.224 e. The van der Waals surface area contributed by atoms with Crippen molar-refractivity contribution in [2.45, 2.75) is 31.6 Å². The molecule has 1 atom stereocenters. The number of nitrogens with one attached hydrogen (secondary N) is 2. The predicted molar refractivity (Wildman–Crippen MR) is 79.9 cm³/mol. The Bertz CT molecular complexity index is 711. The zero-order chi connectivity index (χ0) is 15.5. The molecule has 0 fully saturated rings. The van der Waals surface area contributed by atoms with E-state index in [-0.39, 0.29) is 11.8 Å². The van der Waals surface area contributed by atoms with Gasteiger partial charge in [-0.15, -0.1) is 0 Å². The number of aldehydes is 1. The van der Waals surface area contributed by atoms with Gasteiger partial charge < -0.3 is 15.1 Å². The molecule has 0 radical (unpaired) electrons. The first-order chi connectivity index (χ1) is 10.7. The van der Waals surface area contributed by atoms with E-state index in [0.29, 0.717) is 42.0 Å². The van der Waals surface area contributed by atoms with Crippen LogP contribution in [0.1, 0.15) is 37.4 Å². The molecule has 1 amide bonds. The van der Waals surface area contributed by atoms with E-state index in [1.807, 2.05) is 0 Å². The maximum Gasteiger partial charge on any atom is 0.224 e. The molecule has 6 heteroatoms. The maximum atomic E-state index is 13.5. The molecule has 2 bridgehead atoms. The van der Waals surface area contributed by atoms with E-state index < -0.39 is 5.82 Å². The van der Waals surface area contributed by atoms with Crippen molar-refractivity contribution < 1.29 is 14.0 Å². The highest BCUT2D eigenvalue weighted by molar-refractivity contribution is 5.95. The summed E-state index contributed by atoms with van der Waals surface area (Å²) in [5, 5.41) is 2.75. The lowest BCUT2D eigenvalue weighted by Gasteiger charge is -2.12. The van der Waals surface area contributed by atoms with Crippen LogP contribution in [0.4, 0.5) is 10.1 Å².